The van der Waals surface area contributed by atoms with Crippen LogP contribution >= 0.6 is 11.6 Å². The van der Waals surface area contributed by atoms with Gasteiger partial charge in [-0.1, -0.05) is 29.8 Å². The van der Waals surface area contributed by atoms with Crippen molar-refractivity contribution in [1.29, 1.82) is 0 Å². The van der Waals surface area contributed by atoms with E-state index in [-0.39, 0.29) is 18.1 Å². The number of amides is 1. The number of rotatable bonds is 4. The molecule has 5 nitrogen and oxygen atoms in total. The van der Waals surface area contributed by atoms with Crippen LogP contribution in [-0.2, 0) is 4.79 Å². The summed E-state index contributed by atoms with van der Waals surface area (Å²) in [6.45, 7) is -0.178. The van der Waals surface area contributed by atoms with Crippen molar-refractivity contribution in [3.05, 3.63) is 70.0 Å². The van der Waals surface area contributed by atoms with E-state index in [4.69, 9.17) is 16.3 Å². The van der Waals surface area contributed by atoms with Crippen molar-refractivity contribution in [3.63, 3.8) is 0 Å². The van der Waals surface area contributed by atoms with E-state index in [9.17, 15) is 9.59 Å². The number of anilines is 1. The third-order valence-electron chi connectivity index (χ3n) is 3.19. The maximum atomic E-state index is 11.9. The number of fused-ring (bicyclic) bond motifs is 1. The van der Waals surface area contributed by atoms with Crippen molar-refractivity contribution in [3.8, 4) is 5.75 Å². The lowest BCUT2D eigenvalue weighted by Gasteiger charge is -2.09. The van der Waals surface area contributed by atoms with Crippen molar-refractivity contribution in [2.45, 2.75) is 0 Å². The van der Waals surface area contributed by atoms with Crippen molar-refractivity contribution in [1.82, 2.24) is 4.98 Å². The second-order valence-electron chi connectivity index (χ2n) is 4.89. The Kier molecular flexibility index (Phi) is 4.30. The maximum Gasteiger partial charge on any atom is 0.262 e. The molecule has 0 radical (unpaired) electrons. The fraction of sp³-hybridized carbons (Fsp3) is 0.0588. The molecule has 0 aliphatic rings. The molecule has 1 amide bonds. The Labute approximate surface area is 136 Å². The lowest BCUT2D eigenvalue weighted by molar-refractivity contribution is -0.118. The van der Waals surface area contributed by atoms with Gasteiger partial charge in [-0.25, -0.2) is 0 Å². The summed E-state index contributed by atoms with van der Waals surface area (Å²) in [5.74, 6) is 0.129. The summed E-state index contributed by atoms with van der Waals surface area (Å²) < 4.78 is 5.52. The molecule has 0 aliphatic heterocycles. The van der Waals surface area contributed by atoms with Gasteiger partial charge in [0.15, 0.2) is 6.61 Å². The van der Waals surface area contributed by atoms with Crippen LogP contribution < -0.4 is 15.6 Å². The molecule has 2 N–H and O–H groups in total. The highest BCUT2D eigenvalue weighted by atomic mass is 35.5. The van der Waals surface area contributed by atoms with Crippen molar-refractivity contribution < 1.29 is 9.53 Å². The predicted molar refractivity (Wildman–Crippen MR) is 90.1 cm³/mol. The number of hydrogen-bond donors (Lipinski definition) is 2. The van der Waals surface area contributed by atoms with E-state index < -0.39 is 0 Å². The number of ether oxygens (including phenoxy) is 1. The number of pyridine rings is 1. The molecule has 1 aromatic heterocycles. The fourth-order valence-electron chi connectivity index (χ4n) is 2.18. The van der Waals surface area contributed by atoms with Crippen LogP contribution in [0.5, 0.6) is 5.75 Å². The summed E-state index contributed by atoms with van der Waals surface area (Å²) in [6.07, 6.45) is 0. The minimum Gasteiger partial charge on any atom is -0.482 e. The molecular weight excluding hydrogens is 316 g/mol. The van der Waals surface area contributed by atoms with Gasteiger partial charge in [-0.05, 0) is 30.3 Å². The monoisotopic (exact) mass is 328 g/mol. The Bertz CT molecular complexity index is 921. The molecule has 2 aromatic carbocycles. The van der Waals surface area contributed by atoms with Crippen LogP contribution in [0.15, 0.2) is 59.4 Å². The number of hydrogen-bond acceptors (Lipinski definition) is 3. The molecule has 1 heterocycles. The average molecular weight is 329 g/mol. The summed E-state index contributed by atoms with van der Waals surface area (Å²) in [7, 11) is 0. The maximum absolute atomic E-state index is 11.9. The van der Waals surface area contributed by atoms with Crippen LogP contribution in [-0.4, -0.2) is 17.5 Å². The quantitative estimate of drug-likeness (QED) is 0.772. The van der Waals surface area contributed by atoms with Crippen LogP contribution in [0.2, 0.25) is 5.02 Å². The number of carbonyl (C=O) groups excluding carboxylic acids is 1. The molecule has 0 spiro atoms. The number of nitrogens with one attached hydrogen (secondary N) is 2. The lowest BCUT2D eigenvalue weighted by atomic mass is 10.2. The first kappa shape index (κ1) is 15.1. The van der Waals surface area contributed by atoms with Gasteiger partial charge in [0.05, 0.1) is 5.52 Å². The molecule has 0 bridgehead atoms. The molecule has 0 aliphatic carbocycles. The van der Waals surface area contributed by atoms with Crippen LogP contribution in [0.3, 0.4) is 0 Å². The summed E-state index contributed by atoms with van der Waals surface area (Å²) in [6, 6.07) is 15.3. The SMILES string of the molecule is O=C(COc1cccc2ccc(=O)[nH]c12)Nc1cccc(Cl)c1. The smallest absolute Gasteiger partial charge is 0.262 e. The van der Waals surface area contributed by atoms with E-state index in [1.807, 2.05) is 6.07 Å². The second kappa shape index (κ2) is 6.54. The number of para-hydroxylation sites is 1. The van der Waals surface area contributed by atoms with Gasteiger partial charge >= 0.3 is 0 Å². The number of H-pyrrole nitrogens is 1. The first-order chi connectivity index (χ1) is 11.1. The zero-order valence-corrected chi connectivity index (χ0v) is 12.8. The second-order valence-corrected chi connectivity index (χ2v) is 5.33. The highest BCUT2D eigenvalue weighted by Crippen LogP contribution is 2.22. The standard InChI is InChI=1S/C17H13ClN2O3/c18-12-4-2-5-13(9-12)19-16(22)10-23-14-6-1-3-11-7-8-15(21)20-17(11)14/h1-9H,10H2,(H,19,22)(H,20,21). The molecule has 6 heteroatoms. The van der Waals surface area contributed by atoms with E-state index in [0.717, 1.165) is 5.39 Å². The molecule has 0 atom stereocenters. The van der Waals surface area contributed by atoms with Gasteiger partial charge in [0.25, 0.3) is 5.91 Å². The third kappa shape index (κ3) is 3.70. The zero-order valence-electron chi connectivity index (χ0n) is 12.0. The predicted octanol–water partition coefficient (Wildman–Crippen LogP) is 3.20. The topological polar surface area (TPSA) is 71.2 Å². The Morgan fingerprint density at radius 2 is 1.96 bits per heavy atom. The molecular formula is C17H13ClN2O3. The summed E-state index contributed by atoms with van der Waals surface area (Å²) >= 11 is 5.87. The average Bonchev–Trinajstić information content (AvgIpc) is 2.53. The van der Waals surface area contributed by atoms with Gasteiger partial charge in [0.2, 0.25) is 5.56 Å². The van der Waals surface area contributed by atoms with E-state index in [1.165, 1.54) is 6.07 Å². The molecule has 0 saturated carbocycles. The molecule has 0 unspecified atom stereocenters. The zero-order chi connectivity index (χ0) is 16.2. The molecule has 0 saturated heterocycles. The highest BCUT2D eigenvalue weighted by molar-refractivity contribution is 6.30. The number of aromatic nitrogens is 1. The number of benzene rings is 2. The van der Waals surface area contributed by atoms with E-state index in [0.29, 0.717) is 22.0 Å². The first-order valence-electron chi connectivity index (χ1n) is 6.92. The van der Waals surface area contributed by atoms with Crippen LogP contribution in [0, 0.1) is 0 Å². The lowest BCUT2D eigenvalue weighted by Crippen LogP contribution is -2.20. The molecule has 0 fully saturated rings. The van der Waals surface area contributed by atoms with Crippen molar-refractivity contribution in [2.75, 3.05) is 11.9 Å². The van der Waals surface area contributed by atoms with Crippen LogP contribution in [0.1, 0.15) is 0 Å². The number of carbonyl (C=O) groups is 1. The van der Waals surface area contributed by atoms with Gasteiger partial charge in [-0.3, -0.25) is 9.59 Å². The molecule has 3 aromatic rings. The van der Waals surface area contributed by atoms with Crippen molar-refractivity contribution >= 4 is 34.1 Å². The van der Waals surface area contributed by atoms with E-state index in [2.05, 4.69) is 10.3 Å². The number of halogens is 1. The Morgan fingerprint density at radius 3 is 2.78 bits per heavy atom. The normalized spacial score (nSPS) is 10.5. The van der Waals surface area contributed by atoms with E-state index in [1.54, 1.807) is 42.5 Å². The summed E-state index contributed by atoms with van der Waals surface area (Å²) in [5, 5.41) is 4.06. The van der Waals surface area contributed by atoms with E-state index >= 15 is 0 Å². The molecule has 23 heavy (non-hydrogen) atoms. The first-order valence-corrected chi connectivity index (χ1v) is 7.30. The van der Waals surface area contributed by atoms with Gasteiger partial charge in [0.1, 0.15) is 5.75 Å². The molecule has 3 rings (SSSR count). The van der Waals surface area contributed by atoms with Gasteiger partial charge in [-0.15, -0.1) is 0 Å². The minimum absolute atomic E-state index is 0.178. The highest BCUT2D eigenvalue weighted by Gasteiger charge is 2.07. The minimum atomic E-state index is -0.317. The number of aromatic amines is 1. The van der Waals surface area contributed by atoms with Crippen molar-refractivity contribution in [2.24, 2.45) is 0 Å². The molecule has 116 valence electrons. The third-order valence-corrected chi connectivity index (χ3v) is 3.42. The van der Waals surface area contributed by atoms with Crippen LogP contribution in [0.4, 0.5) is 5.69 Å². The largest absolute Gasteiger partial charge is 0.482 e. The Hall–Kier alpha value is -2.79. The Morgan fingerprint density at radius 1 is 1.13 bits per heavy atom. The van der Waals surface area contributed by atoms with Crippen LogP contribution in [0.25, 0.3) is 10.9 Å². The van der Waals surface area contributed by atoms with Gasteiger partial charge in [-0.2, -0.15) is 0 Å². The van der Waals surface area contributed by atoms with Gasteiger partial charge < -0.3 is 15.0 Å². The Balaban J connectivity index is 1.72. The van der Waals surface area contributed by atoms with Gasteiger partial charge in [0, 0.05) is 22.2 Å². The fourth-order valence-corrected chi connectivity index (χ4v) is 2.37. The summed E-state index contributed by atoms with van der Waals surface area (Å²) in [4.78, 5) is 26.1. The summed E-state index contributed by atoms with van der Waals surface area (Å²) in [5.41, 5.74) is 0.935.